The molecular weight excluding hydrogens is 404 g/mol. The zero-order valence-corrected chi connectivity index (χ0v) is 18.3. The van der Waals surface area contributed by atoms with Crippen molar-refractivity contribution in [1.82, 2.24) is 19.3 Å². The third kappa shape index (κ3) is 4.00. The number of carbonyl (C=O) groups excluding carboxylic acids is 1. The van der Waals surface area contributed by atoms with Crippen molar-refractivity contribution in [1.29, 1.82) is 0 Å². The number of benzene rings is 1. The number of hydrogen-bond acceptors (Lipinski definition) is 6. The lowest BCUT2D eigenvalue weighted by atomic mass is 9.92. The maximum Gasteiger partial charge on any atom is 0.250 e. The van der Waals surface area contributed by atoms with Gasteiger partial charge in [-0.2, -0.15) is 9.29 Å². The number of amides is 1. The maximum absolute atomic E-state index is 13.5. The predicted octanol–water partition coefficient (Wildman–Crippen LogP) is 2.63. The Morgan fingerprint density at radius 3 is 2.63 bits per heavy atom. The SMILES string of the molecule is CCC(=O)N1CCCN(S(=O)(=O)c2ccc3c(c2)CCCC3)CC1c1nc(C)no1. The summed E-state index contributed by atoms with van der Waals surface area (Å²) in [6.07, 6.45) is 5.05. The Labute approximate surface area is 177 Å². The van der Waals surface area contributed by atoms with Gasteiger partial charge in [0.25, 0.3) is 5.89 Å². The lowest BCUT2D eigenvalue weighted by molar-refractivity contribution is -0.133. The zero-order chi connectivity index (χ0) is 21.3. The lowest BCUT2D eigenvalue weighted by Crippen LogP contribution is -2.40. The minimum Gasteiger partial charge on any atom is -0.337 e. The van der Waals surface area contributed by atoms with Crippen LogP contribution in [-0.4, -0.2) is 53.3 Å². The van der Waals surface area contributed by atoms with E-state index >= 15 is 0 Å². The van der Waals surface area contributed by atoms with Crippen LogP contribution < -0.4 is 0 Å². The van der Waals surface area contributed by atoms with Crippen LogP contribution in [0.2, 0.25) is 0 Å². The molecular formula is C21H28N4O4S. The Morgan fingerprint density at radius 2 is 1.93 bits per heavy atom. The van der Waals surface area contributed by atoms with Crippen molar-refractivity contribution in [3.63, 3.8) is 0 Å². The number of hydrogen-bond donors (Lipinski definition) is 0. The average Bonchev–Trinajstić information content (AvgIpc) is 3.05. The molecule has 1 atom stereocenters. The standard InChI is InChI=1S/C21H28N4O4S/c1-3-20(26)25-12-6-11-24(14-19(25)21-22-15(2)23-29-21)30(27,28)18-10-9-16-7-4-5-8-17(16)13-18/h9-10,13,19H,3-8,11-12,14H2,1-2H3. The number of carbonyl (C=O) groups is 1. The third-order valence-electron chi connectivity index (χ3n) is 5.97. The van der Waals surface area contributed by atoms with Gasteiger partial charge >= 0.3 is 0 Å². The quantitative estimate of drug-likeness (QED) is 0.737. The van der Waals surface area contributed by atoms with Crippen molar-refractivity contribution in [2.45, 2.75) is 63.3 Å². The van der Waals surface area contributed by atoms with Gasteiger partial charge in [0, 0.05) is 26.1 Å². The van der Waals surface area contributed by atoms with E-state index in [1.165, 1.54) is 9.87 Å². The molecule has 4 rings (SSSR count). The summed E-state index contributed by atoms with van der Waals surface area (Å²) in [5, 5.41) is 3.84. The van der Waals surface area contributed by atoms with Gasteiger partial charge in [0.2, 0.25) is 15.9 Å². The topological polar surface area (TPSA) is 96.6 Å². The number of fused-ring (bicyclic) bond motifs is 1. The summed E-state index contributed by atoms with van der Waals surface area (Å²) < 4.78 is 33.8. The Morgan fingerprint density at radius 1 is 1.17 bits per heavy atom. The number of aromatic nitrogens is 2. The van der Waals surface area contributed by atoms with E-state index in [0.29, 0.717) is 36.7 Å². The van der Waals surface area contributed by atoms with Gasteiger partial charge in [0.1, 0.15) is 6.04 Å². The normalized spacial score (nSPS) is 20.6. The van der Waals surface area contributed by atoms with Crippen molar-refractivity contribution in [3.8, 4) is 0 Å². The second kappa shape index (κ2) is 8.47. The van der Waals surface area contributed by atoms with Crippen LogP contribution in [0.1, 0.15) is 61.5 Å². The number of sulfonamides is 1. The summed E-state index contributed by atoms with van der Waals surface area (Å²) >= 11 is 0. The molecule has 1 aromatic heterocycles. The zero-order valence-electron chi connectivity index (χ0n) is 17.5. The molecule has 1 unspecified atom stereocenters. The summed E-state index contributed by atoms with van der Waals surface area (Å²) in [5.41, 5.74) is 2.37. The van der Waals surface area contributed by atoms with Crippen molar-refractivity contribution >= 4 is 15.9 Å². The molecule has 1 aromatic carbocycles. The second-order valence-electron chi connectivity index (χ2n) is 7.99. The van der Waals surface area contributed by atoms with E-state index in [1.54, 1.807) is 24.8 Å². The molecule has 1 amide bonds. The van der Waals surface area contributed by atoms with Crippen molar-refractivity contribution < 1.29 is 17.7 Å². The highest BCUT2D eigenvalue weighted by Gasteiger charge is 2.37. The molecule has 1 aliphatic heterocycles. The van der Waals surface area contributed by atoms with Gasteiger partial charge in [-0.3, -0.25) is 4.79 Å². The van der Waals surface area contributed by atoms with Crippen LogP contribution in [-0.2, 0) is 27.7 Å². The van der Waals surface area contributed by atoms with Crippen LogP contribution >= 0.6 is 0 Å². The molecule has 2 aromatic rings. The van der Waals surface area contributed by atoms with E-state index in [1.807, 2.05) is 12.1 Å². The highest BCUT2D eigenvalue weighted by atomic mass is 32.2. The molecule has 1 aliphatic carbocycles. The van der Waals surface area contributed by atoms with Crippen LogP contribution in [0, 0.1) is 6.92 Å². The molecule has 0 N–H and O–H groups in total. The molecule has 1 saturated heterocycles. The van der Waals surface area contributed by atoms with E-state index in [-0.39, 0.29) is 18.3 Å². The van der Waals surface area contributed by atoms with Gasteiger partial charge in [-0.15, -0.1) is 0 Å². The van der Waals surface area contributed by atoms with Crippen LogP contribution in [0.3, 0.4) is 0 Å². The molecule has 0 spiro atoms. The van der Waals surface area contributed by atoms with Crippen molar-refractivity contribution in [3.05, 3.63) is 41.0 Å². The first-order valence-corrected chi connectivity index (χ1v) is 12.1. The molecule has 8 nitrogen and oxygen atoms in total. The van der Waals surface area contributed by atoms with Gasteiger partial charge in [0.15, 0.2) is 5.82 Å². The monoisotopic (exact) mass is 432 g/mol. The fourth-order valence-electron chi connectivity index (χ4n) is 4.36. The average molecular weight is 433 g/mol. The third-order valence-corrected chi connectivity index (χ3v) is 7.83. The smallest absolute Gasteiger partial charge is 0.250 e. The summed E-state index contributed by atoms with van der Waals surface area (Å²) in [5.74, 6) is 0.688. The Balaban J connectivity index is 1.67. The Bertz CT molecular complexity index is 1030. The summed E-state index contributed by atoms with van der Waals surface area (Å²) in [6.45, 7) is 4.40. The molecule has 30 heavy (non-hydrogen) atoms. The minimum atomic E-state index is -3.70. The first-order valence-electron chi connectivity index (χ1n) is 10.6. The number of rotatable bonds is 4. The first kappa shape index (κ1) is 21.0. The van der Waals surface area contributed by atoms with Gasteiger partial charge in [-0.05, 0) is 62.3 Å². The largest absolute Gasteiger partial charge is 0.337 e. The molecule has 0 bridgehead atoms. The lowest BCUT2D eigenvalue weighted by Gasteiger charge is -2.29. The van der Waals surface area contributed by atoms with Gasteiger partial charge in [-0.25, -0.2) is 8.42 Å². The Kier molecular flexibility index (Phi) is 5.92. The molecule has 2 heterocycles. The predicted molar refractivity (Wildman–Crippen MR) is 110 cm³/mol. The van der Waals surface area contributed by atoms with Crippen molar-refractivity contribution in [2.24, 2.45) is 0 Å². The number of nitrogens with zero attached hydrogens (tertiary/aromatic N) is 4. The Hall–Kier alpha value is -2.26. The van der Waals surface area contributed by atoms with E-state index in [9.17, 15) is 13.2 Å². The maximum atomic E-state index is 13.5. The molecule has 0 saturated carbocycles. The molecule has 2 aliphatic rings. The minimum absolute atomic E-state index is 0.0520. The number of aryl methyl sites for hydroxylation is 3. The molecule has 9 heteroatoms. The fraction of sp³-hybridized carbons (Fsp3) is 0.571. The van der Waals surface area contributed by atoms with E-state index in [2.05, 4.69) is 10.1 Å². The van der Waals surface area contributed by atoms with Crippen LogP contribution in [0.25, 0.3) is 0 Å². The summed E-state index contributed by atoms with van der Waals surface area (Å²) in [4.78, 5) is 18.9. The van der Waals surface area contributed by atoms with Gasteiger partial charge in [0.05, 0.1) is 4.90 Å². The second-order valence-corrected chi connectivity index (χ2v) is 9.93. The van der Waals surface area contributed by atoms with Crippen LogP contribution in [0.4, 0.5) is 0 Å². The van der Waals surface area contributed by atoms with Crippen LogP contribution in [0.5, 0.6) is 0 Å². The highest BCUT2D eigenvalue weighted by Crippen LogP contribution is 2.30. The fourth-order valence-corrected chi connectivity index (χ4v) is 5.89. The molecule has 0 radical (unpaired) electrons. The van der Waals surface area contributed by atoms with E-state index in [0.717, 1.165) is 31.2 Å². The van der Waals surface area contributed by atoms with Gasteiger partial charge in [-0.1, -0.05) is 18.1 Å². The molecule has 162 valence electrons. The first-order chi connectivity index (χ1) is 14.4. The van der Waals surface area contributed by atoms with E-state index in [4.69, 9.17) is 4.52 Å². The summed E-state index contributed by atoms with van der Waals surface area (Å²) in [6, 6.07) is 4.90. The van der Waals surface area contributed by atoms with Gasteiger partial charge < -0.3 is 9.42 Å². The highest BCUT2D eigenvalue weighted by molar-refractivity contribution is 7.89. The summed E-state index contributed by atoms with van der Waals surface area (Å²) in [7, 11) is -3.70. The van der Waals surface area contributed by atoms with Crippen LogP contribution in [0.15, 0.2) is 27.6 Å². The van der Waals surface area contributed by atoms with Crippen molar-refractivity contribution in [2.75, 3.05) is 19.6 Å². The van der Waals surface area contributed by atoms with E-state index < -0.39 is 16.1 Å². The molecule has 1 fully saturated rings.